The number of nitrogens with zero attached hydrogens (tertiary/aromatic N) is 1. The van der Waals surface area contributed by atoms with Crippen molar-refractivity contribution in [3.8, 4) is 0 Å². The van der Waals surface area contributed by atoms with Crippen LogP contribution in [0.4, 0.5) is 0 Å². The van der Waals surface area contributed by atoms with Crippen LogP contribution in [0.15, 0.2) is 0 Å². The molecule has 0 spiro atoms. The minimum atomic E-state index is -0.414. The Morgan fingerprint density at radius 2 is 2.17 bits per heavy atom. The zero-order valence-corrected chi connectivity index (χ0v) is 12.2. The predicted octanol–water partition coefficient (Wildman–Crippen LogP) is 1.37. The fourth-order valence-electron chi connectivity index (χ4n) is 2.61. The first-order valence-corrected chi connectivity index (χ1v) is 7.08. The zero-order chi connectivity index (χ0) is 13.6. The second-order valence-electron chi connectivity index (χ2n) is 6.30. The highest BCUT2D eigenvalue weighted by atomic mass is 16.5. The molecule has 4 nitrogen and oxygen atoms in total. The minimum absolute atomic E-state index is 0.0335. The van der Waals surface area contributed by atoms with Gasteiger partial charge in [0.2, 0.25) is 0 Å². The highest BCUT2D eigenvalue weighted by Gasteiger charge is 2.30. The summed E-state index contributed by atoms with van der Waals surface area (Å²) in [7, 11) is 1.81. The standard InChI is InChI=1S/C14H30N2O2/c1-13(15,12-17)7-4-5-9-16-10-6-8-14(2,11-16)18-3/h17H,4-12,15H2,1-3H3. The van der Waals surface area contributed by atoms with Gasteiger partial charge in [-0.3, -0.25) is 0 Å². The average molecular weight is 258 g/mol. The summed E-state index contributed by atoms with van der Waals surface area (Å²) in [6.45, 7) is 7.50. The van der Waals surface area contributed by atoms with E-state index in [1.165, 1.54) is 13.0 Å². The Morgan fingerprint density at radius 3 is 2.78 bits per heavy atom. The lowest BCUT2D eigenvalue weighted by atomic mass is 9.94. The van der Waals surface area contributed by atoms with Crippen LogP contribution in [0.25, 0.3) is 0 Å². The third-order valence-corrected chi connectivity index (χ3v) is 4.06. The first kappa shape index (κ1) is 15.9. The zero-order valence-electron chi connectivity index (χ0n) is 12.2. The highest BCUT2D eigenvalue weighted by molar-refractivity contribution is 4.84. The molecule has 1 saturated heterocycles. The van der Waals surface area contributed by atoms with E-state index in [1.807, 2.05) is 14.0 Å². The normalized spacial score (nSPS) is 29.2. The second kappa shape index (κ2) is 6.85. The van der Waals surface area contributed by atoms with Crippen molar-refractivity contribution in [2.24, 2.45) is 5.73 Å². The SMILES string of the molecule is COC1(C)CCCN(CCCCC(C)(N)CO)C1. The molecule has 1 heterocycles. The van der Waals surface area contributed by atoms with E-state index in [4.69, 9.17) is 15.6 Å². The number of hydrogen-bond acceptors (Lipinski definition) is 4. The van der Waals surface area contributed by atoms with E-state index in [1.54, 1.807) is 0 Å². The van der Waals surface area contributed by atoms with Crippen LogP contribution in [0.5, 0.6) is 0 Å². The lowest BCUT2D eigenvalue weighted by Gasteiger charge is -2.39. The number of aliphatic hydroxyl groups is 1. The van der Waals surface area contributed by atoms with Crippen molar-refractivity contribution in [1.82, 2.24) is 4.90 Å². The number of aliphatic hydroxyl groups excluding tert-OH is 1. The maximum absolute atomic E-state index is 9.09. The summed E-state index contributed by atoms with van der Waals surface area (Å²) >= 11 is 0. The molecule has 2 atom stereocenters. The largest absolute Gasteiger partial charge is 0.394 e. The quantitative estimate of drug-likeness (QED) is 0.677. The second-order valence-corrected chi connectivity index (χ2v) is 6.30. The van der Waals surface area contributed by atoms with Crippen molar-refractivity contribution in [2.45, 2.75) is 57.1 Å². The average Bonchev–Trinajstić information content (AvgIpc) is 2.35. The molecule has 1 fully saturated rings. The van der Waals surface area contributed by atoms with Gasteiger partial charge >= 0.3 is 0 Å². The van der Waals surface area contributed by atoms with E-state index in [2.05, 4.69) is 11.8 Å². The van der Waals surface area contributed by atoms with E-state index in [0.717, 1.165) is 38.8 Å². The molecule has 0 saturated carbocycles. The molecular weight excluding hydrogens is 228 g/mol. The summed E-state index contributed by atoms with van der Waals surface area (Å²) in [5.41, 5.74) is 5.54. The summed E-state index contributed by atoms with van der Waals surface area (Å²) in [6, 6.07) is 0. The van der Waals surface area contributed by atoms with Gasteiger partial charge in [-0.25, -0.2) is 0 Å². The summed E-state index contributed by atoms with van der Waals surface area (Å²) in [5.74, 6) is 0. The summed E-state index contributed by atoms with van der Waals surface area (Å²) in [6.07, 6.45) is 5.49. The van der Waals surface area contributed by atoms with E-state index < -0.39 is 5.54 Å². The first-order valence-electron chi connectivity index (χ1n) is 7.08. The molecule has 0 aliphatic carbocycles. The van der Waals surface area contributed by atoms with Gasteiger partial charge in [-0.05, 0) is 52.6 Å². The number of ether oxygens (including phenoxy) is 1. The number of piperidine rings is 1. The number of hydrogen-bond donors (Lipinski definition) is 2. The van der Waals surface area contributed by atoms with Crippen LogP contribution < -0.4 is 5.73 Å². The third-order valence-electron chi connectivity index (χ3n) is 4.06. The molecule has 4 heteroatoms. The molecule has 1 rings (SSSR count). The van der Waals surface area contributed by atoms with Crippen LogP contribution in [0.2, 0.25) is 0 Å². The van der Waals surface area contributed by atoms with Crippen molar-refractivity contribution in [1.29, 1.82) is 0 Å². The van der Waals surface area contributed by atoms with Crippen LogP contribution in [0, 0.1) is 0 Å². The van der Waals surface area contributed by atoms with Crippen molar-refractivity contribution >= 4 is 0 Å². The van der Waals surface area contributed by atoms with Crippen LogP contribution in [0.3, 0.4) is 0 Å². The minimum Gasteiger partial charge on any atom is -0.394 e. The Hall–Kier alpha value is -0.160. The van der Waals surface area contributed by atoms with Crippen LogP contribution in [0.1, 0.15) is 46.0 Å². The first-order chi connectivity index (χ1) is 8.41. The number of methoxy groups -OCH3 is 1. The van der Waals surface area contributed by atoms with Gasteiger partial charge in [-0.15, -0.1) is 0 Å². The molecule has 0 aromatic carbocycles. The summed E-state index contributed by atoms with van der Waals surface area (Å²) < 4.78 is 5.59. The number of nitrogens with two attached hydrogens (primary N) is 1. The number of rotatable bonds is 7. The Bertz CT molecular complexity index is 246. The topological polar surface area (TPSA) is 58.7 Å². The molecule has 0 aromatic rings. The molecule has 18 heavy (non-hydrogen) atoms. The fraction of sp³-hybridized carbons (Fsp3) is 1.00. The van der Waals surface area contributed by atoms with Gasteiger partial charge < -0.3 is 20.5 Å². The molecule has 1 aliphatic rings. The van der Waals surface area contributed by atoms with Crippen molar-refractivity contribution in [3.05, 3.63) is 0 Å². The Balaban J connectivity index is 2.20. The number of likely N-dealkylation sites (tertiary alicyclic amines) is 1. The number of unbranched alkanes of at least 4 members (excludes halogenated alkanes) is 1. The molecule has 2 unspecified atom stereocenters. The lowest BCUT2D eigenvalue weighted by molar-refractivity contribution is -0.0509. The van der Waals surface area contributed by atoms with Gasteiger partial charge in [0.15, 0.2) is 0 Å². The van der Waals surface area contributed by atoms with Gasteiger partial charge in [0.05, 0.1) is 12.2 Å². The maximum Gasteiger partial charge on any atom is 0.0777 e. The van der Waals surface area contributed by atoms with Crippen LogP contribution in [-0.4, -0.2) is 54.5 Å². The summed E-state index contributed by atoms with van der Waals surface area (Å²) in [5, 5.41) is 9.09. The molecule has 3 N–H and O–H groups in total. The van der Waals surface area contributed by atoms with E-state index >= 15 is 0 Å². The van der Waals surface area contributed by atoms with Crippen molar-refractivity contribution in [2.75, 3.05) is 33.4 Å². The Labute approximate surface area is 111 Å². The molecule has 0 amide bonds. The van der Waals surface area contributed by atoms with Gasteiger partial charge in [0.1, 0.15) is 0 Å². The van der Waals surface area contributed by atoms with Crippen molar-refractivity contribution < 1.29 is 9.84 Å². The molecule has 0 aromatic heterocycles. The molecule has 1 aliphatic heterocycles. The van der Waals surface area contributed by atoms with E-state index in [9.17, 15) is 0 Å². The van der Waals surface area contributed by atoms with E-state index in [-0.39, 0.29) is 12.2 Å². The van der Waals surface area contributed by atoms with Crippen molar-refractivity contribution in [3.63, 3.8) is 0 Å². The highest BCUT2D eigenvalue weighted by Crippen LogP contribution is 2.24. The summed E-state index contributed by atoms with van der Waals surface area (Å²) in [4.78, 5) is 2.49. The lowest BCUT2D eigenvalue weighted by Crippen LogP contribution is -2.47. The maximum atomic E-state index is 9.09. The monoisotopic (exact) mass is 258 g/mol. The molecular formula is C14H30N2O2. The molecule has 0 radical (unpaired) electrons. The smallest absolute Gasteiger partial charge is 0.0777 e. The third kappa shape index (κ3) is 5.22. The van der Waals surface area contributed by atoms with Gasteiger partial charge in [-0.1, -0.05) is 6.42 Å². The fourth-order valence-corrected chi connectivity index (χ4v) is 2.61. The van der Waals surface area contributed by atoms with Gasteiger partial charge in [0, 0.05) is 19.2 Å². The predicted molar refractivity (Wildman–Crippen MR) is 74.6 cm³/mol. The van der Waals surface area contributed by atoms with Crippen LogP contribution >= 0.6 is 0 Å². The Kier molecular flexibility index (Phi) is 6.05. The van der Waals surface area contributed by atoms with Gasteiger partial charge in [-0.2, -0.15) is 0 Å². The van der Waals surface area contributed by atoms with Crippen LogP contribution in [-0.2, 0) is 4.74 Å². The Morgan fingerprint density at radius 1 is 1.44 bits per heavy atom. The molecule has 0 bridgehead atoms. The van der Waals surface area contributed by atoms with Gasteiger partial charge in [0.25, 0.3) is 0 Å². The molecule has 108 valence electrons. The van der Waals surface area contributed by atoms with E-state index in [0.29, 0.717) is 0 Å².